The molecular formula is C21H22N6O. The van der Waals surface area contributed by atoms with E-state index in [0.717, 1.165) is 48.6 Å². The maximum atomic E-state index is 10.9. The highest BCUT2D eigenvalue weighted by atomic mass is 16.3. The average Bonchev–Trinajstić information content (AvgIpc) is 3.43. The first-order valence-corrected chi connectivity index (χ1v) is 9.92. The van der Waals surface area contributed by atoms with Crippen molar-refractivity contribution in [3.8, 4) is 0 Å². The Morgan fingerprint density at radius 1 is 0.929 bits per heavy atom. The summed E-state index contributed by atoms with van der Waals surface area (Å²) in [6.45, 7) is 1.88. The van der Waals surface area contributed by atoms with Crippen molar-refractivity contribution in [1.82, 2.24) is 24.1 Å². The van der Waals surface area contributed by atoms with Crippen molar-refractivity contribution in [3.05, 3.63) is 55.0 Å². The molecule has 0 amide bonds. The molecule has 142 valence electrons. The molecule has 7 heteroatoms. The van der Waals surface area contributed by atoms with Gasteiger partial charge in [-0.15, -0.1) is 10.2 Å². The van der Waals surface area contributed by atoms with Crippen LogP contribution in [0.1, 0.15) is 18.9 Å². The van der Waals surface area contributed by atoms with Crippen LogP contribution in [-0.4, -0.2) is 48.4 Å². The minimum absolute atomic E-state index is 0.0729. The van der Waals surface area contributed by atoms with E-state index >= 15 is 0 Å². The first-order valence-electron chi connectivity index (χ1n) is 9.92. The van der Waals surface area contributed by atoms with Crippen molar-refractivity contribution in [1.29, 1.82) is 0 Å². The molecule has 2 aliphatic rings. The predicted octanol–water partition coefficient (Wildman–Crippen LogP) is 2.53. The van der Waals surface area contributed by atoms with Crippen LogP contribution in [-0.2, 0) is 0 Å². The number of hydrogen-bond donors (Lipinski definition) is 1. The van der Waals surface area contributed by atoms with E-state index in [0.29, 0.717) is 11.8 Å². The van der Waals surface area contributed by atoms with E-state index < -0.39 is 0 Å². The minimum Gasteiger partial charge on any atom is -0.391 e. The number of aromatic nitrogens is 5. The summed E-state index contributed by atoms with van der Waals surface area (Å²) in [6.07, 6.45) is 5.32. The number of para-hydroxylation sites is 2. The van der Waals surface area contributed by atoms with Gasteiger partial charge in [-0.2, -0.15) is 0 Å². The highest BCUT2D eigenvalue weighted by molar-refractivity contribution is 5.75. The van der Waals surface area contributed by atoms with Crippen molar-refractivity contribution >= 4 is 22.6 Å². The third-order valence-corrected chi connectivity index (χ3v) is 6.53. The Bertz CT molecular complexity index is 1150. The zero-order valence-electron chi connectivity index (χ0n) is 15.5. The predicted molar refractivity (Wildman–Crippen MR) is 106 cm³/mol. The number of hydrogen-bond acceptors (Lipinski definition) is 5. The number of anilines is 1. The third-order valence-electron chi connectivity index (χ3n) is 6.53. The summed E-state index contributed by atoms with van der Waals surface area (Å²) >= 11 is 0. The molecule has 1 saturated carbocycles. The average molecular weight is 374 g/mol. The van der Waals surface area contributed by atoms with Crippen LogP contribution in [0.25, 0.3) is 16.7 Å². The quantitative estimate of drug-likeness (QED) is 0.584. The molecule has 1 aliphatic carbocycles. The monoisotopic (exact) mass is 374 g/mol. The summed E-state index contributed by atoms with van der Waals surface area (Å²) in [5.41, 5.74) is 2.96. The van der Waals surface area contributed by atoms with Gasteiger partial charge in [-0.1, -0.05) is 18.2 Å². The second kappa shape index (κ2) is 6.04. The van der Waals surface area contributed by atoms with Gasteiger partial charge in [0.25, 0.3) is 0 Å². The standard InChI is InChI=1S/C21H22N6O/c28-19-10-15-12-25(21-24-23-20-7-3-4-8-26(20)21)11-14(15)9-18(19)27-13-22-16-5-1-2-6-17(16)27/h1-8,13-15,18-19,28H,9-12H2/t14-,15+,18-,19-/m1/s1. The normalized spacial score (nSPS) is 27.5. The first kappa shape index (κ1) is 16.1. The van der Waals surface area contributed by atoms with Gasteiger partial charge in [0.05, 0.1) is 29.5 Å². The van der Waals surface area contributed by atoms with Crippen molar-refractivity contribution in [2.24, 2.45) is 11.8 Å². The number of nitrogens with zero attached hydrogens (tertiary/aromatic N) is 6. The second-order valence-corrected chi connectivity index (χ2v) is 8.10. The van der Waals surface area contributed by atoms with Gasteiger partial charge in [-0.05, 0) is 48.9 Å². The summed E-state index contributed by atoms with van der Waals surface area (Å²) in [6, 6.07) is 14.2. The van der Waals surface area contributed by atoms with E-state index in [4.69, 9.17) is 0 Å². The molecule has 1 aromatic carbocycles. The molecule has 0 bridgehead atoms. The molecule has 1 aliphatic heterocycles. The van der Waals surface area contributed by atoms with Crippen LogP contribution in [0.5, 0.6) is 0 Å². The topological polar surface area (TPSA) is 71.5 Å². The van der Waals surface area contributed by atoms with E-state index in [1.165, 1.54) is 0 Å². The summed E-state index contributed by atoms with van der Waals surface area (Å²) < 4.78 is 4.22. The molecule has 4 atom stereocenters. The van der Waals surface area contributed by atoms with Crippen LogP contribution >= 0.6 is 0 Å². The molecule has 4 heterocycles. The van der Waals surface area contributed by atoms with E-state index in [-0.39, 0.29) is 12.1 Å². The molecule has 2 fully saturated rings. The number of fused-ring (bicyclic) bond motifs is 3. The Kier molecular flexibility index (Phi) is 3.46. The van der Waals surface area contributed by atoms with Crippen molar-refractivity contribution in [3.63, 3.8) is 0 Å². The van der Waals surface area contributed by atoms with Gasteiger partial charge >= 0.3 is 0 Å². The van der Waals surface area contributed by atoms with Crippen LogP contribution in [0.4, 0.5) is 5.95 Å². The fourth-order valence-electron chi connectivity index (χ4n) is 5.16. The summed E-state index contributed by atoms with van der Waals surface area (Å²) in [4.78, 5) is 6.85. The molecule has 7 nitrogen and oxygen atoms in total. The second-order valence-electron chi connectivity index (χ2n) is 8.10. The Morgan fingerprint density at radius 3 is 2.68 bits per heavy atom. The number of aliphatic hydroxyl groups is 1. The Balaban J connectivity index is 1.29. The van der Waals surface area contributed by atoms with Crippen LogP contribution in [0, 0.1) is 11.8 Å². The van der Waals surface area contributed by atoms with Gasteiger partial charge in [-0.25, -0.2) is 4.98 Å². The fourth-order valence-corrected chi connectivity index (χ4v) is 5.16. The van der Waals surface area contributed by atoms with Crippen molar-refractivity contribution in [2.75, 3.05) is 18.0 Å². The lowest BCUT2D eigenvalue weighted by atomic mass is 9.77. The molecule has 6 rings (SSSR count). The van der Waals surface area contributed by atoms with Crippen molar-refractivity contribution < 1.29 is 5.11 Å². The number of pyridine rings is 1. The van der Waals surface area contributed by atoms with Gasteiger partial charge in [0.1, 0.15) is 0 Å². The number of rotatable bonds is 2. The first-order chi connectivity index (χ1) is 13.8. The molecule has 4 aromatic rings. The molecule has 0 spiro atoms. The largest absolute Gasteiger partial charge is 0.391 e. The summed E-state index contributed by atoms with van der Waals surface area (Å²) in [5.74, 6) is 1.92. The maximum absolute atomic E-state index is 10.9. The third kappa shape index (κ3) is 2.36. The molecular weight excluding hydrogens is 352 g/mol. The molecule has 1 saturated heterocycles. The molecule has 0 radical (unpaired) electrons. The van der Waals surface area contributed by atoms with E-state index in [2.05, 4.69) is 35.1 Å². The van der Waals surface area contributed by atoms with Gasteiger partial charge in [-0.3, -0.25) is 4.40 Å². The molecule has 1 N–H and O–H groups in total. The van der Waals surface area contributed by atoms with Crippen LogP contribution in [0.3, 0.4) is 0 Å². The van der Waals surface area contributed by atoms with E-state index in [9.17, 15) is 5.11 Å². The van der Waals surface area contributed by atoms with Crippen LogP contribution in [0.2, 0.25) is 0 Å². The SMILES string of the molecule is O[C@@H]1C[C@H]2CN(c3nnc4ccccn34)C[C@H]2C[C@H]1n1cnc2ccccc21. The molecule has 3 aromatic heterocycles. The smallest absolute Gasteiger partial charge is 0.231 e. The van der Waals surface area contributed by atoms with Crippen LogP contribution < -0.4 is 4.90 Å². The fraction of sp³-hybridized carbons (Fsp3) is 0.381. The van der Waals surface area contributed by atoms with Gasteiger partial charge < -0.3 is 14.6 Å². The minimum atomic E-state index is -0.353. The number of aliphatic hydroxyl groups excluding tert-OH is 1. The van der Waals surface area contributed by atoms with E-state index in [1.807, 2.05) is 48.9 Å². The van der Waals surface area contributed by atoms with Gasteiger partial charge in [0.2, 0.25) is 5.95 Å². The lowest BCUT2D eigenvalue weighted by Crippen LogP contribution is -2.36. The molecule has 28 heavy (non-hydrogen) atoms. The summed E-state index contributed by atoms with van der Waals surface area (Å²) in [7, 11) is 0. The van der Waals surface area contributed by atoms with Crippen molar-refractivity contribution in [2.45, 2.75) is 25.0 Å². The zero-order chi connectivity index (χ0) is 18.7. The van der Waals surface area contributed by atoms with Crippen LogP contribution in [0.15, 0.2) is 55.0 Å². The number of benzene rings is 1. The summed E-state index contributed by atoms with van der Waals surface area (Å²) in [5, 5.41) is 19.7. The Hall–Kier alpha value is -2.93. The van der Waals surface area contributed by atoms with Gasteiger partial charge in [0, 0.05) is 19.3 Å². The maximum Gasteiger partial charge on any atom is 0.231 e. The highest BCUT2D eigenvalue weighted by Gasteiger charge is 2.43. The Morgan fingerprint density at radius 2 is 1.75 bits per heavy atom. The van der Waals surface area contributed by atoms with E-state index in [1.54, 1.807) is 0 Å². The van der Waals surface area contributed by atoms with Gasteiger partial charge in [0.15, 0.2) is 5.65 Å². The zero-order valence-corrected chi connectivity index (χ0v) is 15.5. The molecule has 0 unspecified atom stereocenters. The lowest BCUT2D eigenvalue weighted by molar-refractivity contribution is 0.0375. The Labute approximate surface area is 162 Å². The lowest BCUT2D eigenvalue weighted by Gasteiger charge is -2.36. The number of imidazole rings is 1. The highest BCUT2D eigenvalue weighted by Crippen LogP contribution is 2.43.